The first-order valence-electron chi connectivity index (χ1n) is 8.44. The maximum Gasteiger partial charge on any atom is 0.128 e. The van der Waals surface area contributed by atoms with Gasteiger partial charge in [-0.15, -0.1) is 0 Å². The van der Waals surface area contributed by atoms with Crippen LogP contribution in [0.15, 0.2) is 71.7 Å². The van der Waals surface area contributed by atoms with Gasteiger partial charge >= 0.3 is 0 Å². The highest BCUT2D eigenvalue weighted by Gasteiger charge is 2.04. The fraction of sp³-hybridized carbons (Fsp3) is 0.136. The van der Waals surface area contributed by atoms with E-state index in [4.69, 9.17) is 27.9 Å². The molecule has 0 amide bonds. The van der Waals surface area contributed by atoms with Crippen molar-refractivity contribution in [2.75, 3.05) is 0 Å². The summed E-state index contributed by atoms with van der Waals surface area (Å²) in [6, 6.07) is 21.3. The predicted molar refractivity (Wildman–Crippen MR) is 110 cm³/mol. The van der Waals surface area contributed by atoms with Crippen LogP contribution in [0.5, 0.6) is 5.75 Å². The molecule has 0 N–H and O–H groups in total. The van der Waals surface area contributed by atoms with E-state index in [1.165, 1.54) is 5.56 Å². The van der Waals surface area contributed by atoms with Gasteiger partial charge in [0.05, 0.1) is 5.69 Å². The quantitative estimate of drug-likeness (QED) is 0.424. The number of hydrogen-bond donors (Lipinski definition) is 0. The molecule has 3 rings (SSSR count). The molecule has 3 aromatic rings. The number of aliphatic imine (C=N–C) groups is 1. The van der Waals surface area contributed by atoms with Crippen LogP contribution >= 0.6 is 23.2 Å². The number of aryl methyl sites for hydroxylation is 1. The van der Waals surface area contributed by atoms with Crippen molar-refractivity contribution in [2.24, 2.45) is 4.99 Å². The smallest absolute Gasteiger partial charge is 0.128 e. The van der Waals surface area contributed by atoms with Crippen LogP contribution in [0, 0.1) is 0 Å². The zero-order chi connectivity index (χ0) is 18.4. The first kappa shape index (κ1) is 18.5. The number of hydrogen-bond acceptors (Lipinski definition) is 2. The highest BCUT2D eigenvalue weighted by Crippen LogP contribution is 2.24. The van der Waals surface area contributed by atoms with Crippen LogP contribution in [-0.4, -0.2) is 6.21 Å². The van der Waals surface area contributed by atoms with Gasteiger partial charge in [-0.2, -0.15) is 0 Å². The average molecular weight is 384 g/mol. The van der Waals surface area contributed by atoms with Crippen LogP contribution in [0.1, 0.15) is 23.6 Å². The summed E-state index contributed by atoms with van der Waals surface area (Å²) in [5.74, 6) is 0.725. The molecule has 3 aromatic carbocycles. The molecule has 0 saturated carbocycles. The summed E-state index contributed by atoms with van der Waals surface area (Å²) in [5.41, 5.74) is 4.02. The van der Waals surface area contributed by atoms with Gasteiger partial charge in [-0.1, -0.05) is 54.4 Å². The Morgan fingerprint density at radius 2 is 1.65 bits per heavy atom. The molecule has 2 nitrogen and oxygen atoms in total. The van der Waals surface area contributed by atoms with Crippen molar-refractivity contribution in [3.05, 3.63) is 93.5 Å². The molecule has 0 aromatic heterocycles. The lowest BCUT2D eigenvalue weighted by molar-refractivity contribution is 0.306. The molecule has 0 spiro atoms. The molecule has 0 atom stereocenters. The Kier molecular flexibility index (Phi) is 6.32. The normalized spacial score (nSPS) is 11.0. The molecule has 0 aliphatic rings. The summed E-state index contributed by atoms with van der Waals surface area (Å²) >= 11 is 12.2. The first-order valence-corrected chi connectivity index (χ1v) is 9.19. The number of ether oxygens (including phenoxy) is 1. The summed E-state index contributed by atoms with van der Waals surface area (Å²) in [6.07, 6.45) is 2.79. The van der Waals surface area contributed by atoms with E-state index in [0.717, 1.165) is 29.0 Å². The van der Waals surface area contributed by atoms with Crippen LogP contribution < -0.4 is 4.74 Å². The van der Waals surface area contributed by atoms with Gasteiger partial charge in [-0.25, -0.2) is 0 Å². The Labute approximate surface area is 164 Å². The Hall–Kier alpha value is -2.29. The van der Waals surface area contributed by atoms with Crippen molar-refractivity contribution in [3.63, 3.8) is 0 Å². The molecule has 0 aliphatic carbocycles. The molecule has 132 valence electrons. The fourth-order valence-electron chi connectivity index (χ4n) is 2.50. The molecule has 4 heteroatoms. The first-order chi connectivity index (χ1) is 12.6. The molecule has 0 bridgehead atoms. The summed E-state index contributed by atoms with van der Waals surface area (Å²) in [7, 11) is 0. The molecule has 0 fully saturated rings. The third-order valence-corrected chi connectivity index (χ3v) is 4.42. The van der Waals surface area contributed by atoms with E-state index < -0.39 is 0 Å². The van der Waals surface area contributed by atoms with Gasteiger partial charge in [-0.3, -0.25) is 4.99 Å². The second-order valence-corrected chi connectivity index (χ2v) is 6.75. The van der Waals surface area contributed by atoms with Gasteiger partial charge < -0.3 is 4.74 Å². The number of nitrogens with zero attached hydrogens (tertiary/aromatic N) is 1. The van der Waals surface area contributed by atoms with Crippen molar-refractivity contribution in [1.82, 2.24) is 0 Å². The van der Waals surface area contributed by atoms with Crippen LogP contribution in [0.4, 0.5) is 5.69 Å². The highest BCUT2D eigenvalue weighted by molar-refractivity contribution is 6.31. The summed E-state index contributed by atoms with van der Waals surface area (Å²) in [6.45, 7) is 2.56. The van der Waals surface area contributed by atoms with Crippen LogP contribution in [0.3, 0.4) is 0 Å². The SMILES string of the molecule is CCc1ccc(N=Cc2cc(Cl)ccc2OCc2cccc(Cl)c2)cc1. The zero-order valence-electron chi connectivity index (χ0n) is 14.5. The van der Waals surface area contributed by atoms with E-state index in [0.29, 0.717) is 16.7 Å². The Morgan fingerprint density at radius 1 is 0.885 bits per heavy atom. The maximum atomic E-state index is 6.14. The largest absolute Gasteiger partial charge is 0.488 e. The number of rotatable bonds is 6. The lowest BCUT2D eigenvalue weighted by Gasteiger charge is -2.10. The second kappa shape index (κ2) is 8.88. The zero-order valence-corrected chi connectivity index (χ0v) is 16.0. The Balaban J connectivity index is 1.77. The van der Waals surface area contributed by atoms with Crippen LogP contribution in [0.25, 0.3) is 0 Å². The van der Waals surface area contributed by atoms with Gasteiger partial charge in [0.15, 0.2) is 0 Å². The minimum atomic E-state index is 0.425. The van der Waals surface area contributed by atoms with Gasteiger partial charge in [0.25, 0.3) is 0 Å². The summed E-state index contributed by atoms with van der Waals surface area (Å²) < 4.78 is 5.95. The topological polar surface area (TPSA) is 21.6 Å². The third kappa shape index (κ3) is 5.10. The average Bonchev–Trinajstić information content (AvgIpc) is 2.66. The monoisotopic (exact) mass is 383 g/mol. The van der Waals surface area contributed by atoms with Gasteiger partial charge in [0.1, 0.15) is 12.4 Å². The summed E-state index contributed by atoms with van der Waals surface area (Å²) in [5, 5.41) is 1.34. The van der Waals surface area contributed by atoms with Crippen molar-refractivity contribution >= 4 is 35.1 Å². The molecule has 0 unspecified atom stereocenters. The van der Waals surface area contributed by atoms with Crippen molar-refractivity contribution in [3.8, 4) is 5.75 Å². The molecular formula is C22H19Cl2NO. The molecule has 26 heavy (non-hydrogen) atoms. The van der Waals surface area contributed by atoms with E-state index in [-0.39, 0.29) is 0 Å². The Bertz CT molecular complexity index is 904. The fourth-order valence-corrected chi connectivity index (χ4v) is 2.89. The minimum Gasteiger partial charge on any atom is -0.488 e. The van der Waals surface area contributed by atoms with E-state index in [1.54, 1.807) is 6.21 Å². The highest BCUT2D eigenvalue weighted by atomic mass is 35.5. The molecule has 0 radical (unpaired) electrons. The minimum absolute atomic E-state index is 0.425. The van der Waals surface area contributed by atoms with Crippen molar-refractivity contribution in [1.29, 1.82) is 0 Å². The predicted octanol–water partition coefficient (Wildman–Crippen LogP) is 6.89. The molecule has 0 aliphatic heterocycles. The van der Waals surface area contributed by atoms with E-state index >= 15 is 0 Å². The molecule has 0 heterocycles. The van der Waals surface area contributed by atoms with E-state index in [2.05, 4.69) is 24.0 Å². The van der Waals surface area contributed by atoms with E-state index in [1.807, 2.05) is 54.6 Å². The maximum absolute atomic E-state index is 6.14. The summed E-state index contributed by atoms with van der Waals surface area (Å²) in [4.78, 5) is 4.54. The lowest BCUT2D eigenvalue weighted by atomic mass is 10.1. The van der Waals surface area contributed by atoms with Crippen molar-refractivity contribution < 1.29 is 4.74 Å². The lowest BCUT2D eigenvalue weighted by Crippen LogP contribution is -1.98. The molecule has 0 saturated heterocycles. The van der Waals surface area contributed by atoms with Gasteiger partial charge in [-0.05, 0) is 60.0 Å². The van der Waals surface area contributed by atoms with Crippen LogP contribution in [-0.2, 0) is 13.0 Å². The second-order valence-electron chi connectivity index (χ2n) is 5.88. The standard InChI is InChI=1S/C22H19Cl2NO/c1-2-16-6-9-21(10-7-16)25-14-18-13-20(24)8-11-22(18)26-15-17-4-3-5-19(23)12-17/h3-14H,2,15H2,1H3. The number of halogens is 2. The molecular weight excluding hydrogens is 365 g/mol. The Morgan fingerprint density at radius 3 is 2.38 bits per heavy atom. The van der Waals surface area contributed by atoms with Gasteiger partial charge in [0, 0.05) is 21.8 Å². The van der Waals surface area contributed by atoms with Crippen LogP contribution in [0.2, 0.25) is 10.0 Å². The third-order valence-electron chi connectivity index (χ3n) is 3.95. The van der Waals surface area contributed by atoms with E-state index in [9.17, 15) is 0 Å². The van der Waals surface area contributed by atoms with Crippen molar-refractivity contribution in [2.45, 2.75) is 20.0 Å². The van der Waals surface area contributed by atoms with Gasteiger partial charge in [0.2, 0.25) is 0 Å². The number of benzene rings is 3.